The highest BCUT2D eigenvalue weighted by Gasteiger charge is 2.13. The second kappa shape index (κ2) is 6.12. The Morgan fingerprint density at radius 3 is 2.50 bits per heavy atom. The number of nitrogens with one attached hydrogen (secondary N) is 1. The first kappa shape index (κ1) is 13.3. The molecule has 0 saturated heterocycles. The lowest BCUT2D eigenvalue weighted by atomic mass is 10.1. The average Bonchev–Trinajstić information content (AvgIpc) is 2.28. The number of rotatable bonds is 4. The van der Waals surface area contributed by atoms with E-state index in [1.165, 1.54) is 0 Å². The number of carbonyl (C=O) groups excluding carboxylic acids is 1. The fourth-order valence-corrected chi connectivity index (χ4v) is 1.80. The summed E-state index contributed by atoms with van der Waals surface area (Å²) in [5.41, 5.74) is 0.432. The fourth-order valence-electron chi connectivity index (χ4n) is 1.43. The molecule has 2 nitrogen and oxygen atoms in total. The SMILES string of the molecule is CCC(CC)NC(=O)c1cc(Cl)ccc1Cl. The van der Waals surface area contributed by atoms with Crippen molar-refractivity contribution in [1.82, 2.24) is 5.32 Å². The van der Waals surface area contributed by atoms with Gasteiger partial charge in [0.1, 0.15) is 0 Å². The van der Waals surface area contributed by atoms with Crippen molar-refractivity contribution in [3.05, 3.63) is 33.8 Å². The van der Waals surface area contributed by atoms with Crippen LogP contribution in [0.1, 0.15) is 37.0 Å². The van der Waals surface area contributed by atoms with E-state index < -0.39 is 0 Å². The molecule has 1 aromatic rings. The monoisotopic (exact) mass is 259 g/mol. The van der Waals surface area contributed by atoms with Crippen molar-refractivity contribution in [2.75, 3.05) is 0 Å². The predicted octanol–water partition coefficient (Wildman–Crippen LogP) is 3.91. The fraction of sp³-hybridized carbons (Fsp3) is 0.417. The van der Waals surface area contributed by atoms with E-state index in [-0.39, 0.29) is 11.9 Å². The number of carbonyl (C=O) groups is 1. The van der Waals surface area contributed by atoms with E-state index >= 15 is 0 Å². The largest absolute Gasteiger partial charge is 0.349 e. The third-order valence-electron chi connectivity index (χ3n) is 2.49. The maximum Gasteiger partial charge on any atom is 0.253 e. The molecule has 16 heavy (non-hydrogen) atoms. The zero-order chi connectivity index (χ0) is 12.1. The molecule has 0 atom stereocenters. The Kier molecular flexibility index (Phi) is 5.10. The molecule has 88 valence electrons. The van der Waals surface area contributed by atoms with E-state index in [0.29, 0.717) is 15.6 Å². The van der Waals surface area contributed by atoms with Crippen LogP contribution in [0.5, 0.6) is 0 Å². The molecule has 0 aliphatic heterocycles. The minimum absolute atomic E-state index is 0.166. The lowest BCUT2D eigenvalue weighted by Crippen LogP contribution is -2.33. The van der Waals surface area contributed by atoms with Crippen molar-refractivity contribution in [2.45, 2.75) is 32.7 Å². The first-order valence-electron chi connectivity index (χ1n) is 5.34. The molecule has 4 heteroatoms. The van der Waals surface area contributed by atoms with Gasteiger partial charge in [0.2, 0.25) is 0 Å². The Morgan fingerprint density at radius 2 is 1.94 bits per heavy atom. The second-order valence-corrected chi connectivity index (χ2v) is 4.45. The normalized spacial score (nSPS) is 10.6. The summed E-state index contributed by atoms with van der Waals surface area (Å²) in [6, 6.07) is 5.06. The molecule has 1 N–H and O–H groups in total. The summed E-state index contributed by atoms with van der Waals surface area (Å²) >= 11 is 11.8. The van der Waals surface area contributed by atoms with Crippen molar-refractivity contribution in [3.8, 4) is 0 Å². The summed E-state index contributed by atoms with van der Waals surface area (Å²) in [6.07, 6.45) is 1.81. The van der Waals surface area contributed by atoms with Gasteiger partial charge in [-0.2, -0.15) is 0 Å². The average molecular weight is 260 g/mol. The molecule has 0 saturated carbocycles. The molecule has 0 radical (unpaired) electrons. The summed E-state index contributed by atoms with van der Waals surface area (Å²) in [5.74, 6) is -0.166. The van der Waals surface area contributed by atoms with E-state index in [9.17, 15) is 4.79 Å². The zero-order valence-corrected chi connectivity index (χ0v) is 10.9. The number of halogens is 2. The quantitative estimate of drug-likeness (QED) is 0.873. The second-order valence-electron chi connectivity index (χ2n) is 3.61. The van der Waals surface area contributed by atoms with Crippen LogP contribution >= 0.6 is 23.2 Å². The molecule has 0 aliphatic rings. The van der Waals surface area contributed by atoms with Crippen molar-refractivity contribution in [3.63, 3.8) is 0 Å². The highest BCUT2D eigenvalue weighted by molar-refractivity contribution is 6.35. The maximum atomic E-state index is 11.9. The molecule has 0 unspecified atom stereocenters. The maximum absolute atomic E-state index is 11.9. The van der Waals surface area contributed by atoms with Crippen LogP contribution < -0.4 is 5.32 Å². The molecule has 0 aromatic heterocycles. The first-order chi connectivity index (χ1) is 7.58. The van der Waals surface area contributed by atoms with Gasteiger partial charge in [0.05, 0.1) is 10.6 Å². The van der Waals surface area contributed by atoms with Crippen LogP contribution in [0.15, 0.2) is 18.2 Å². The van der Waals surface area contributed by atoms with Crippen molar-refractivity contribution < 1.29 is 4.79 Å². The van der Waals surface area contributed by atoms with Crippen LogP contribution in [0.2, 0.25) is 10.0 Å². The highest BCUT2D eigenvalue weighted by atomic mass is 35.5. The smallest absolute Gasteiger partial charge is 0.253 e. The predicted molar refractivity (Wildman–Crippen MR) is 68.3 cm³/mol. The minimum atomic E-state index is -0.166. The summed E-state index contributed by atoms with van der Waals surface area (Å²) in [7, 11) is 0. The molecular formula is C12H15Cl2NO. The van der Waals surface area contributed by atoms with Gasteiger partial charge >= 0.3 is 0 Å². The van der Waals surface area contributed by atoms with Gasteiger partial charge in [-0.1, -0.05) is 37.0 Å². The number of amides is 1. The van der Waals surface area contributed by atoms with Crippen molar-refractivity contribution >= 4 is 29.1 Å². The number of hydrogen-bond acceptors (Lipinski definition) is 1. The first-order valence-corrected chi connectivity index (χ1v) is 6.10. The van der Waals surface area contributed by atoms with E-state index in [1.54, 1.807) is 18.2 Å². The molecular weight excluding hydrogens is 245 g/mol. The van der Waals surface area contributed by atoms with Gasteiger partial charge in [0.25, 0.3) is 5.91 Å². The van der Waals surface area contributed by atoms with E-state index in [2.05, 4.69) is 5.32 Å². The molecule has 0 fully saturated rings. The third kappa shape index (κ3) is 3.39. The molecule has 1 aromatic carbocycles. The molecule has 1 rings (SSSR count). The Labute approximate surface area is 106 Å². The van der Waals surface area contributed by atoms with E-state index in [4.69, 9.17) is 23.2 Å². The van der Waals surface area contributed by atoms with Gasteiger partial charge in [0, 0.05) is 11.1 Å². The summed E-state index contributed by atoms with van der Waals surface area (Å²) in [4.78, 5) is 11.9. The Bertz CT molecular complexity index is 375. The summed E-state index contributed by atoms with van der Waals surface area (Å²) in [6.45, 7) is 4.07. The van der Waals surface area contributed by atoms with Crippen LogP contribution in [0.25, 0.3) is 0 Å². The molecule has 0 spiro atoms. The lowest BCUT2D eigenvalue weighted by Gasteiger charge is -2.15. The Hall–Kier alpha value is -0.730. The molecule has 0 aliphatic carbocycles. The van der Waals surface area contributed by atoms with Crippen molar-refractivity contribution in [2.24, 2.45) is 0 Å². The van der Waals surface area contributed by atoms with Gasteiger partial charge in [0.15, 0.2) is 0 Å². The van der Waals surface area contributed by atoms with Crippen LogP contribution in [0.4, 0.5) is 0 Å². The summed E-state index contributed by atoms with van der Waals surface area (Å²) in [5, 5.41) is 3.86. The van der Waals surface area contributed by atoms with E-state index in [1.807, 2.05) is 13.8 Å². The van der Waals surface area contributed by atoms with Gasteiger partial charge in [-0.15, -0.1) is 0 Å². The molecule has 0 heterocycles. The Balaban J connectivity index is 2.83. The number of benzene rings is 1. The lowest BCUT2D eigenvalue weighted by molar-refractivity contribution is 0.0935. The van der Waals surface area contributed by atoms with Crippen LogP contribution in [-0.2, 0) is 0 Å². The Morgan fingerprint density at radius 1 is 1.31 bits per heavy atom. The minimum Gasteiger partial charge on any atom is -0.349 e. The topological polar surface area (TPSA) is 29.1 Å². The third-order valence-corrected chi connectivity index (χ3v) is 3.06. The zero-order valence-electron chi connectivity index (χ0n) is 9.39. The molecule has 0 bridgehead atoms. The van der Waals surface area contributed by atoms with Crippen LogP contribution in [-0.4, -0.2) is 11.9 Å². The molecule has 1 amide bonds. The van der Waals surface area contributed by atoms with Gasteiger partial charge < -0.3 is 5.32 Å². The van der Waals surface area contributed by atoms with Gasteiger partial charge in [-0.25, -0.2) is 0 Å². The van der Waals surface area contributed by atoms with Gasteiger partial charge in [-0.3, -0.25) is 4.79 Å². The van der Waals surface area contributed by atoms with Crippen LogP contribution in [0, 0.1) is 0 Å². The van der Waals surface area contributed by atoms with Crippen LogP contribution in [0.3, 0.4) is 0 Å². The van der Waals surface area contributed by atoms with Crippen molar-refractivity contribution in [1.29, 1.82) is 0 Å². The number of hydrogen-bond donors (Lipinski definition) is 1. The standard InChI is InChI=1S/C12H15Cl2NO/c1-3-9(4-2)15-12(16)10-7-8(13)5-6-11(10)14/h5-7,9H,3-4H2,1-2H3,(H,15,16). The highest BCUT2D eigenvalue weighted by Crippen LogP contribution is 2.20. The van der Waals surface area contributed by atoms with E-state index in [0.717, 1.165) is 12.8 Å². The van der Waals surface area contributed by atoms with Gasteiger partial charge in [-0.05, 0) is 31.0 Å². The summed E-state index contributed by atoms with van der Waals surface area (Å²) < 4.78 is 0.